The molecule has 0 heterocycles. The highest BCUT2D eigenvalue weighted by atomic mass is 16.3. The van der Waals surface area contributed by atoms with E-state index in [0.29, 0.717) is 6.42 Å². The molecule has 5 heteroatoms. The minimum atomic E-state index is -0.663. The van der Waals surface area contributed by atoms with Crippen LogP contribution in [0.25, 0.3) is 0 Å². The molecule has 0 aliphatic heterocycles. The standard InChI is InChI=1S/C19H27NO4/c1-12(2)17(22)9-10-18(23)16(20-19(24)13(3)4)11-14-5-7-15(21)8-6-14/h5-8,12-13,16,21H,9-11H2,1-4H3,(H,20,24). The van der Waals surface area contributed by atoms with Crippen molar-refractivity contribution in [3.8, 4) is 5.75 Å². The molecule has 0 aromatic heterocycles. The molecule has 1 unspecified atom stereocenters. The molecule has 0 aliphatic carbocycles. The maximum atomic E-state index is 12.5. The summed E-state index contributed by atoms with van der Waals surface area (Å²) in [5.74, 6) is -0.471. The highest BCUT2D eigenvalue weighted by Gasteiger charge is 2.23. The summed E-state index contributed by atoms with van der Waals surface area (Å²) in [5, 5.41) is 12.1. The van der Waals surface area contributed by atoms with Crippen LogP contribution in [0.1, 0.15) is 46.1 Å². The molecule has 1 aromatic carbocycles. The van der Waals surface area contributed by atoms with Crippen molar-refractivity contribution in [3.05, 3.63) is 29.8 Å². The van der Waals surface area contributed by atoms with Crippen LogP contribution < -0.4 is 5.32 Å². The summed E-state index contributed by atoms with van der Waals surface area (Å²) in [5.41, 5.74) is 0.838. The predicted molar refractivity (Wildman–Crippen MR) is 92.7 cm³/mol. The third-order valence-corrected chi connectivity index (χ3v) is 3.87. The zero-order chi connectivity index (χ0) is 18.3. The van der Waals surface area contributed by atoms with Crippen molar-refractivity contribution < 1.29 is 19.5 Å². The lowest BCUT2D eigenvalue weighted by Crippen LogP contribution is -2.44. The lowest BCUT2D eigenvalue weighted by atomic mass is 9.96. The van der Waals surface area contributed by atoms with Crippen molar-refractivity contribution in [2.45, 2.75) is 53.0 Å². The molecule has 2 N–H and O–H groups in total. The number of rotatable bonds is 9. The number of nitrogens with one attached hydrogen (secondary N) is 1. The van der Waals surface area contributed by atoms with E-state index in [1.54, 1.807) is 52.0 Å². The van der Waals surface area contributed by atoms with Crippen molar-refractivity contribution in [2.24, 2.45) is 11.8 Å². The van der Waals surface area contributed by atoms with Crippen molar-refractivity contribution in [3.63, 3.8) is 0 Å². The Hall–Kier alpha value is -2.17. The lowest BCUT2D eigenvalue weighted by molar-refractivity contribution is -0.130. The maximum absolute atomic E-state index is 12.5. The molecular formula is C19H27NO4. The Kier molecular flexibility index (Phi) is 7.62. The van der Waals surface area contributed by atoms with Crippen LogP contribution in [0, 0.1) is 11.8 Å². The van der Waals surface area contributed by atoms with E-state index in [2.05, 4.69) is 5.32 Å². The van der Waals surface area contributed by atoms with Crippen LogP contribution in [0.15, 0.2) is 24.3 Å². The SMILES string of the molecule is CC(C)C(=O)CCC(=O)C(Cc1ccc(O)cc1)NC(=O)C(C)C. The van der Waals surface area contributed by atoms with E-state index in [-0.39, 0.29) is 47.9 Å². The van der Waals surface area contributed by atoms with Crippen LogP contribution in [-0.4, -0.2) is 28.6 Å². The van der Waals surface area contributed by atoms with E-state index in [1.165, 1.54) is 0 Å². The van der Waals surface area contributed by atoms with E-state index in [0.717, 1.165) is 5.56 Å². The van der Waals surface area contributed by atoms with Crippen molar-refractivity contribution in [1.82, 2.24) is 5.32 Å². The van der Waals surface area contributed by atoms with Gasteiger partial charge in [0.25, 0.3) is 0 Å². The monoisotopic (exact) mass is 333 g/mol. The lowest BCUT2D eigenvalue weighted by Gasteiger charge is -2.19. The van der Waals surface area contributed by atoms with Crippen LogP contribution >= 0.6 is 0 Å². The molecule has 1 aromatic rings. The summed E-state index contributed by atoms with van der Waals surface area (Å²) < 4.78 is 0. The van der Waals surface area contributed by atoms with Crippen molar-refractivity contribution in [1.29, 1.82) is 0 Å². The number of hydrogen-bond donors (Lipinski definition) is 2. The largest absolute Gasteiger partial charge is 0.508 e. The molecule has 0 fully saturated rings. The van der Waals surface area contributed by atoms with Gasteiger partial charge in [0.2, 0.25) is 5.91 Å². The molecule has 1 atom stereocenters. The van der Waals surface area contributed by atoms with Crippen LogP contribution in [0.3, 0.4) is 0 Å². The Bertz CT molecular complexity index is 576. The van der Waals surface area contributed by atoms with E-state index >= 15 is 0 Å². The summed E-state index contributed by atoms with van der Waals surface area (Å²) in [6.45, 7) is 7.14. The maximum Gasteiger partial charge on any atom is 0.223 e. The Balaban J connectivity index is 2.79. The quantitative estimate of drug-likeness (QED) is 0.728. The molecule has 0 radical (unpaired) electrons. The average Bonchev–Trinajstić information content (AvgIpc) is 2.53. The van der Waals surface area contributed by atoms with Gasteiger partial charge in [0, 0.05) is 24.7 Å². The zero-order valence-electron chi connectivity index (χ0n) is 14.8. The first-order valence-electron chi connectivity index (χ1n) is 8.34. The predicted octanol–water partition coefficient (Wildman–Crippen LogP) is 2.65. The molecule has 0 saturated carbocycles. The fourth-order valence-electron chi connectivity index (χ4n) is 2.16. The van der Waals surface area contributed by atoms with Gasteiger partial charge in [-0.05, 0) is 24.1 Å². The molecule has 0 bridgehead atoms. The van der Waals surface area contributed by atoms with Gasteiger partial charge in [-0.15, -0.1) is 0 Å². The summed E-state index contributed by atoms with van der Waals surface area (Å²) in [6.07, 6.45) is 0.658. The highest BCUT2D eigenvalue weighted by molar-refractivity contribution is 5.92. The van der Waals surface area contributed by atoms with Crippen LogP contribution in [0.2, 0.25) is 0 Å². The molecular weight excluding hydrogens is 306 g/mol. The number of aromatic hydroxyl groups is 1. The molecule has 132 valence electrons. The fourth-order valence-corrected chi connectivity index (χ4v) is 2.16. The summed E-state index contributed by atoms with van der Waals surface area (Å²) in [4.78, 5) is 36.2. The second-order valence-electron chi connectivity index (χ2n) is 6.67. The van der Waals surface area contributed by atoms with Crippen LogP contribution in [0.5, 0.6) is 5.75 Å². The summed E-state index contributed by atoms with van der Waals surface area (Å²) in [6, 6.07) is 5.86. The van der Waals surface area contributed by atoms with E-state index in [1.807, 2.05) is 0 Å². The van der Waals surface area contributed by atoms with Gasteiger partial charge in [-0.3, -0.25) is 14.4 Å². The van der Waals surface area contributed by atoms with Gasteiger partial charge in [0.1, 0.15) is 11.5 Å². The number of amides is 1. The summed E-state index contributed by atoms with van der Waals surface area (Å²) >= 11 is 0. The first-order chi connectivity index (χ1) is 11.2. The molecule has 0 spiro atoms. The summed E-state index contributed by atoms with van der Waals surface area (Å²) in [7, 11) is 0. The Labute approximate surface area is 143 Å². The number of ketones is 2. The molecule has 0 saturated heterocycles. The van der Waals surface area contributed by atoms with Crippen molar-refractivity contribution in [2.75, 3.05) is 0 Å². The number of phenolic OH excluding ortho intramolecular Hbond substituents is 1. The Morgan fingerprint density at radius 2 is 1.46 bits per heavy atom. The fraction of sp³-hybridized carbons (Fsp3) is 0.526. The topological polar surface area (TPSA) is 83.5 Å². The van der Waals surface area contributed by atoms with Gasteiger partial charge in [-0.2, -0.15) is 0 Å². The second-order valence-corrected chi connectivity index (χ2v) is 6.67. The first kappa shape index (κ1) is 19.9. The Morgan fingerprint density at radius 1 is 0.917 bits per heavy atom. The zero-order valence-corrected chi connectivity index (χ0v) is 14.8. The average molecular weight is 333 g/mol. The number of carbonyl (C=O) groups excluding carboxylic acids is 3. The van der Waals surface area contributed by atoms with Gasteiger partial charge in [0.05, 0.1) is 6.04 Å². The van der Waals surface area contributed by atoms with Crippen LogP contribution in [0.4, 0.5) is 0 Å². The van der Waals surface area contributed by atoms with Crippen molar-refractivity contribution >= 4 is 17.5 Å². The second kappa shape index (κ2) is 9.21. The molecule has 1 rings (SSSR count). The van der Waals surface area contributed by atoms with E-state index in [9.17, 15) is 19.5 Å². The van der Waals surface area contributed by atoms with E-state index < -0.39 is 6.04 Å². The minimum Gasteiger partial charge on any atom is -0.508 e. The minimum absolute atomic E-state index is 0.0434. The van der Waals surface area contributed by atoms with Gasteiger partial charge in [0.15, 0.2) is 5.78 Å². The molecule has 0 aliphatic rings. The molecule has 1 amide bonds. The molecule has 24 heavy (non-hydrogen) atoms. The number of Topliss-reactive ketones (excluding diaryl/α,β-unsaturated/α-hetero) is 2. The van der Waals surface area contributed by atoms with Crippen LogP contribution in [-0.2, 0) is 20.8 Å². The van der Waals surface area contributed by atoms with Gasteiger partial charge >= 0.3 is 0 Å². The number of carbonyl (C=O) groups is 3. The van der Waals surface area contributed by atoms with Gasteiger partial charge < -0.3 is 10.4 Å². The smallest absolute Gasteiger partial charge is 0.223 e. The normalized spacial score (nSPS) is 12.2. The highest BCUT2D eigenvalue weighted by Crippen LogP contribution is 2.13. The third-order valence-electron chi connectivity index (χ3n) is 3.87. The number of hydrogen-bond acceptors (Lipinski definition) is 4. The number of benzene rings is 1. The third kappa shape index (κ3) is 6.52. The Morgan fingerprint density at radius 3 is 1.96 bits per heavy atom. The van der Waals surface area contributed by atoms with E-state index in [4.69, 9.17) is 0 Å². The number of phenols is 1. The van der Waals surface area contributed by atoms with Gasteiger partial charge in [-0.25, -0.2) is 0 Å². The van der Waals surface area contributed by atoms with Gasteiger partial charge in [-0.1, -0.05) is 39.8 Å². The first-order valence-corrected chi connectivity index (χ1v) is 8.34. The molecule has 5 nitrogen and oxygen atoms in total.